The maximum absolute atomic E-state index is 5.84. The number of hydrogen-bond donors (Lipinski definition) is 0. The first-order valence-corrected chi connectivity index (χ1v) is 5.90. The van der Waals surface area contributed by atoms with E-state index in [1.807, 2.05) is 25.1 Å². The molecule has 0 unspecified atom stereocenters. The SMILES string of the molecule is CC(C)=C(C)c1cc(C)oc1-c1ccccc1. The van der Waals surface area contributed by atoms with Crippen molar-refractivity contribution < 1.29 is 4.42 Å². The molecule has 1 heterocycles. The lowest BCUT2D eigenvalue weighted by atomic mass is 10.00. The Hall–Kier alpha value is -1.76. The number of rotatable bonds is 2. The molecule has 88 valence electrons. The van der Waals surface area contributed by atoms with Crippen molar-refractivity contribution in [3.05, 3.63) is 53.3 Å². The second-order valence-corrected chi connectivity index (χ2v) is 4.59. The molecular formula is C16H18O. The molecule has 0 spiro atoms. The molecule has 1 nitrogen and oxygen atoms in total. The molecule has 0 saturated heterocycles. The smallest absolute Gasteiger partial charge is 0.141 e. The number of aryl methyl sites for hydroxylation is 1. The molecule has 0 atom stereocenters. The van der Waals surface area contributed by atoms with Gasteiger partial charge in [0.25, 0.3) is 0 Å². The zero-order chi connectivity index (χ0) is 12.4. The van der Waals surface area contributed by atoms with Gasteiger partial charge in [-0.1, -0.05) is 35.9 Å². The van der Waals surface area contributed by atoms with Crippen molar-refractivity contribution in [2.45, 2.75) is 27.7 Å². The van der Waals surface area contributed by atoms with E-state index in [9.17, 15) is 0 Å². The van der Waals surface area contributed by atoms with Crippen molar-refractivity contribution in [2.24, 2.45) is 0 Å². The van der Waals surface area contributed by atoms with E-state index in [1.165, 1.54) is 16.7 Å². The van der Waals surface area contributed by atoms with Gasteiger partial charge in [-0.15, -0.1) is 0 Å². The standard InChI is InChI=1S/C16H18O/c1-11(2)13(4)15-10-12(3)17-16(15)14-8-6-5-7-9-14/h5-10H,1-4H3. The van der Waals surface area contributed by atoms with Gasteiger partial charge in [0.15, 0.2) is 0 Å². The molecule has 1 heteroatoms. The summed E-state index contributed by atoms with van der Waals surface area (Å²) in [6, 6.07) is 12.4. The summed E-state index contributed by atoms with van der Waals surface area (Å²) >= 11 is 0. The van der Waals surface area contributed by atoms with Crippen LogP contribution in [0.5, 0.6) is 0 Å². The van der Waals surface area contributed by atoms with Crippen LogP contribution in [0.25, 0.3) is 16.9 Å². The van der Waals surface area contributed by atoms with Crippen LogP contribution in [0.3, 0.4) is 0 Å². The van der Waals surface area contributed by atoms with Crippen molar-refractivity contribution in [1.29, 1.82) is 0 Å². The monoisotopic (exact) mass is 226 g/mol. The molecule has 0 aliphatic heterocycles. The van der Waals surface area contributed by atoms with E-state index < -0.39 is 0 Å². The van der Waals surface area contributed by atoms with Crippen molar-refractivity contribution >= 4 is 5.57 Å². The third-order valence-corrected chi connectivity index (χ3v) is 3.05. The van der Waals surface area contributed by atoms with E-state index in [0.29, 0.717) is 0 Å². The van der Waals surface area contributed by atoms with E-state index in [4.69, 9.17) is 4.42 Å². The largest absolute Gasteiger partial charge is 0.461 e. The van der Waals surface area contributed by atoms with Crippen LogP contribution in [0.15, 0.2) is 46.4 Å². The molecule has 0 radical (unpaired) electrons. The summed E-state index contributed by atoms with van der Waals surface area (Å²) in [7, 11) is 0. The van der Waals surface area contributed by atoms with Gasteiger partial charge in [0.2, 0.25) is 0 Å². The fourth-order valence-corrected chi connectivity index (χ4v) is 1.87. The third kappa shape index (κ3) is 2.33. The van der Waals surface area contributed by atoms with Gasteiger partial charge in [-0.2, -0.15) is 0 Å². The Balaban J connectivity index is 2.60. The van der Waals surface area contributed by atoms with E-state index in [-0.39, 0.29) is 0 Å². The summed E-state index contributed by atoms with van der Waals surface area (Å²) in [4.78, 5) is 0. The second-order valence-electron chi connectivity index (χ2n) is 4.59. The first kappa shape index (κ1) is 11.7. The Morgan fingerprint density at radius 1 is 1.00 bits per heavy atom. The van der Waals surface area contributed by atoms with Gasteiger partial charge in [0, 0.05) is 11.1 Å². The summed E-state index contributed by atoms with van der Waals surface area (Å²) in [5, 5.41) is 0. The number of hydrogen-bond acceptors (Lipinski definition) is 1. The molecule has 0 aliphatic carbocycles. The average Bonchev–Trinajstić information content (AvgIpc) is 2.71. The summed E-state index contributed by atoms with van der Waals surface area (Å²) in [6.07, 6.45) is 0. The minimum Gasteiger partial charge on any atom is -0.461 e. The minimum atomic E-state index is 0.958. The van der Waals surface area contributed by atoms with Crippen molar-refractivity contribution in [3.63, 3.8) is 0 Å². The molecule has 2 aromatic rings. The van der Waals surface area contributed by atoms with E-state index in [1.54, 1.807) is 0 Å². The third-order valence-electron chi connectivity index (χ3n) is 3.05. The van der Waals surface area contributed by atoms with Gasteiger partial charge in [-0.25, -0.2) is 0 Å². The molecule has 0 amide bonds. The Labute approximate surface area is 103 Å². The van der Waals surface area contributed by atoms with Gasteiger partial charge in [0.1, 0.15) is 11.5 Å². The molecular weight excluding hydrogens is 208 g/mol. The highest BCUT2D eigenvalue weighted by Gasteiger charge is 2.12. The highest BCUT2D eigenvalue weighted by molar-refractivity contribution is 5.78. The Bertz CT molecular complexity index is 540. The van der Waals surface area contributed by atoms with E-state index in [0.717, 1.165) is 17.1 Å². The molecule has 0 saturated carbocycles. The highest BCUT2D eigenvalue weighted by atomic mass is 16.3. The van der Waals surface area contributed by atoms with Crippen LogP contribution in [0.4, 0.5) is 0 Å². The van der Waals surface area contributed by atoms with Crippen LogP contribution in [-0.2, 0) is 0 Å². The minimum absolute atomic E-state index is 0.958. The van der Waals surface area contributed by atoms with Gasteiger partial charge < -0.3 is 4.42 Å². The van der Waals surface area contributed by atoms with Crippen molar-refractivity contribution in [2.75, 3.05) is 0 Å². The predicted octanol–water partition coefficient (Wildman–Crippen LogP) is 5.07. The van der Waals surface area contributed by atoms with Gasteiger partial charge in [-0.3, -0.25) is 0 Å². The summed E-state index contributed by atoms with van der Waals surface area (Å²) in [6.45, 7) is 8.40. The molecule has 1 aromatic heterocycles. The first-order chi connectivity index (χ1) is 8.09. The van der Waals surface area contributed by atoms with Crippen LogP contribution < -0.4 is 0 Å². The van der Waals surface area contributed by atoms with Crippen molar-refractivity contribution in [3.8, 4) is 11.3 Å². The summed E-state index contributed by atoms with van der Waals surface area (Å²) in [5.41, 5.74) is 4.95. The molecule has 0 aliphatic rings. The van der Waals surface area contributed by atoms with E-state index >= 15 is 0 Å². The van der Waals surface area contributed by atoms with Gasteiger partial charge in [-0.05, 0) is 39.3 Å². The van der Waals surface area contributed by atoms with Crippen LogP contribution >= 0.6 is 0 Å². The lowest BCUT2D eigenvalue weighted by Gasteiger charge is -2.04. The molecule has 2 rings (SSSR count). The molecule has 1 aromatic carbocycles. The fraction of sp³-hybridized carbons (Fsp3) is 0.250. The molecule has 0 bridgehead atoms. The number of furan rings is 1. The zero-order valence-electron chi connectivity index (χ0n) is 10.9. The van der Waals surface area contributed by atoms with Gasteiger partial charge in [0.05, 0.1) is 0 Å². The highest BCUT2D eigenvalue weighted by Crippen LogP contribution is 2.33. The second kappa shape index (κ2) is 4.62. The summed E-state index contributed by atoms with van der Waals surface area (Å²) < 4.78 is 5.84. The van der Waals surface area contributed by atoms with Crippen LogP contribution in [0.1, 0.15) is 32.1 Å². The number of allylic oxidation sites excluding steroid dienone is 2. The van der Waals surface area contributed by atoms with Gasteiger partial charge >= 0.3 is 0 Å². The summed E-state index contributed by atoms with van der Waals surface area (Å²) in [5.74, 6) is 1.93. The topological polar surface area (TPSA) is 13.1 Å². The molecule has 0 fully saturated rings. The quantitative estimate of drug-likeness (QED) is 0.697. The molecule has 0 N–H and O–H groups in total. The van der Waals surface area contributed by atoms with Crippen LogP contribution in [0, 0.1) is 6.92 Å². The predicted molar refractivity (Wildman–Crippen MR) is 72.8 cm³/mol. The van der Waals surface area contributed by atoms with Crippen LogP contribution in [0.2, 0.25) is 0 Å². The first-order valence-electron chi connectivity index (χ1n) is 5.90. The van der Waals surface area contributed by atoms with Crippen LogP contribution in [-0.4, -0.2) is 0 Å². The maximum Gasteiger partial charge on any atom is 0.141 e. The maximum atomic E-state index is 5.84. The van der Waals surface area contributed by atoms with Crippen molar-refractivity contribution in [1.82, 2.24) is 0 Å². The lowest BCUT2D eigenvalue weighted by Crippen LogP contribution is -1.83. The Morgan fingerprint density at radius 3 is 2.24 bits per heavy atom. The average molecular weight is 226 g/mol. The zero-order valence-corrected chi connectivity index (χ0v) is 10.9. The Kier molecular flexibility index (Phi) is 3.19. The normalized spacial score (nSPS) is 10.4. The Morgan fingerprint density at radius 2 is 1.65 bits per heavy atom. The fourth-order valence-electron chi connectivity index (χ4n) is 1.87. The van der Waals surface area contributed by atoms with E-state index in [2.05, 4.69) is 39.0 Å². The number of benzene rings is 1. The lowest BCUT2D eigenvalue weighted by molar-refractivity contribution is 0.548. The molecule has 17 heavy (non-hydrogen) atoms.